The zero-order valence-electron chi connectivity index (χ0n) is 10.6. The van der Waals surface area contributed by atoms with Gasteiger partial charge in [-0.3, -0.25) is 0 Å². The third-order valence-electron chi connectivity index (χ3n) is 2.79. The van der Waals surface area contributed by atoms with Crippen LogP contribution >= 0.6 is 17.0 Å². The highest BCUT2D eigenvalue weighted by atomic mass is 79.9. The van der Waals surface area contributed by atoms with Crippen molar-refractivity contribution in [2.75, 3.05) is 37.7 Å². The lowest BCUT2D eigenvalue weighted by Crippen LogP contribution is -2.43. The summed E-state index contributed by atoms with van der Waals surface area (Å²) < 4.78 is 41.4. The highest BCUT2D eigenvalue weighted by Crippen LogP contribution is 2.33. The first-order valence-electron chi connectivity index (χ1n) is 5.94. The van der Waals surface area contributed by atoms with Crippen molar-refractivity contribution in [1.29, 1.82) is 0 Å². The van der Waals surface area contributed by atoms with Crippen LogP contribution in [-0.4, -0.2) is 44.1 Å². The fraction of sp³-hybridized carbons (Fsp3) is 0.500. The van der Waals surface area contributed by atoms with Gasteiger partial charge in [0.05, 0.1) is 5.69 Å². The number of anilines is 1. The SMILES string of the molecule is Br.Oc1ccc(N2CCNCC2)c(OCC(F)(F)F)c1. The van der Waals surface area contributed by atoms with E-state index in [0.29, 0.717) is 18.8 Å². The van der Waals surface area contributed by atoms with E-state index in [-0.39, 0.29) is 28.5 Å². The van der Waals surface area contributed by atoms with Gasteiger partial charge in [0, 0.05) is 32.2 Å². The zero-order valence-corrected chi connectivity index (χ0v) is 12.3. The molecule has 1 aliphatic heterocycles. The van der Waals surface area contributed by atoms with Crippen LogP contribution in [0.25, 0.3) is 0 Å². The Hall–Kier alpha value is -1.15. The van der Waals surface area contributed by atoms with Crippen molar-refractivity contribution in [1.82, 2.24) is 5.32 Å². The summed E-state index contributed by atoms with van der Waals surface area (Å²) in [4.78, 5) is 1.93. The van der Waals surface area contributed by atoms with Crippen molar-refractivity contribution in [2.45, 2.75) is 6.18 Å². The number of halogens is 4. The number of phenols is 1. The van der Waals surface area contributed by atoms with Crippen molar-refractivity contribution >= 4 is 22.7 Å². The lowest BCUT2D eigenvalue weighted by Gasteiger charge is -2.30. The van der Waals surface area contributed by atoms with Crippen LogP contribution in [0, 0.1) is 0 Å². The number of phenolic OH excluding ortho intramolecular Hbond substituents is 1. The maximum absolute atomic E-state index is 12.2. The molecule has 0 aliphatic carbocycles. The van der Waals surface area contributed by atoms with E-state index in [1.54, 1.807) is 6.07 Å². The van der Waals surface area contributed by atoms with Gasteiger partial charge in [-0.1, -0.05) is 0 Å². The molecule has 1 heterocycles. The van der Waals surface area contributed by atoms with Crippen LogP contribution in [-0.2, 0) is 0 Å². The van der Waals surface area contributed by atoms with Gasteiger partial charge in [-0.15, -0.1) is 17.0 Å². The topological polar surface area (TPSA) is 44.7 Å². The first kappa shape index (κ1) is 16.9. The number of nitrogens with zero attached hydrogens (tertiary/aromatic N) is 1. The van der Waals surface area contributed by atoms with Gasteiger partial charge < -0.3 is 20.1 Å². The summed E-state index contributed by atoms with van der Waals surface area (Å²) in [5, 5.41) is 12.5. The Morgan fingerprint density at radius 2 is 1.90 bits per heavy atom. The van der Waals surface area contributed by atoms with Crippen molar-refractivity contribution in [3.8, 4) is 11.5 Å². The molecule has 0 aromatic heterocycles. The number of alkyl halides is 3. The molecule has 1 aliphatic rings. The summed E-state index contributed by atoms with van der Waals surface area (Å²) in [7, 11) is 0. The highest BCUT2D eigenvalue weighted by Gasteiger charge is 2.29. The second-order valence-corrected chi connectivity index (χ2v) is 4.29. The molecular weight excluding hydrogens is 341 g/mol. The molecule has 1 fully saturated rings. The Balaban J connectivity index is 0.00000200. The average molecular weight is 357 g/mol. The normalized spacial score (nSPS) is 15.7. The fourth-order valence-corrected chi connectivity index (χ4v) is 1.94. The molecule has 0 amide bonds. The van der Waals surface area contributed by atoms with Gasteiger partial charge in [0.15, 0.2) is 6.61 Å². The van der Waals surface area contributed by atoms with E-state index in [0.717, 1.165) is 13.1 Å². The van der Waals surface area contributed by atoms with Crippen LogP contribution < -0.4 is 15.0 Å². The minimum Gasteiger partial charge on any atom is -0.508 e. The molecule has 1 aromatic carbocycles. The second kappa shape index (κ2) is 7.03. The summed E-state index contributed by atoms with van der Waals surface area (Å²) >= 11 is 0. The first-order valence-corrected chi connectivity index (χ1v) is 5.94. The van der Waals surface area contributed by atoms with E-state index in [1.807, 2.05) is 4.90 Å². The van der Waals surface area contributed by atoms with Gasteiger partial charge in [-0.25, -0.2) is 0 Å². The van der Waals surface area contributed by atoms with E-state index in [9.17, 15) is 18.3 Å². The highest BCUT2D eigenvalue weighted by molar-refractivity contribution is 8.93. The van der Waals surface area contributed by atoms with Crippen LogP contribution in [0.4, 0.5) is 18.9 Å². The molecule has 0 radical (unpaired) electrons. The van der Waals surface area contributed by atoms with Gasteiger partial charge in [0.1, 0.15) is 11.5 Å². The number of rotatable bonds is 3. The van der Waals surface area contributed by atoms with Crippen molar-refractivity contribution < 1.29 is 23.0 Å². The largest absolute Gasteiger partial charge is 0.508 e. The number of benzene rings is 1. The predicted octanol–water partition coefficient (Wildman–Crippen LogP) is 2.32. The number of nitrogens with one attached hydrogen (secondary N) is 1. The van der Waals surface area contributed by atoms with E-state index < -0.39 is 12.8 Å². The fourth-order valence-electron chi connectivity index (χ4n) is 1.94. The van der Waals surface area contributed by atoms with Gasteiger partial charge in [-0.2, -0.15) is 13.2 Å². The minimum absolute atomic E-state index is 0. The standard InChI is InChI=1S/C12H15F3N2O2.BrH/c13-12(14,15)8-19-11-7-9(18)1-2-10(11)17-5-3-16-4-6-17;/h1-2,7,16,18H,3-6,8H2;1H. The van der Waals surface area contributed by atoms with Crippen molar-refractivity contribution in [2.24, 2.45) is 0 Å². The summed E-state index contributed by atoms with van der Waals surface area (Å²) in [6, 6.07) is 4.23. The Bertz CT molecular complexity index is 437. The molecular formula is C12H16BrF3N2O2. The molecule has 0 unspecified atom stereocenters. The van der Waals surface area contributed by atoms with Crippen LogP contribution in [0.5, 0.6) is 11.5 Å². The van der Waals surface area contributed by atoms with Gasteiger partial charge >= 0.3 is 6.18 Å². The summed E-state index contributed by atoms with van der Waals surface area (Å²) in [6.07, 6.45) is -4.40. The van der Waals surface area contributed by atoms with Crippen LogP contribution in [0.15, 0.2) is 18.2 Å². The average Bonchev–Trinajstić information content (AvgIpc) is 2.37. The molecule has 1 aromatic rings. The van der Waals surface area contributed by atoms with Crippen molar-refractivity contribution in [3.63, 3.8) is 0 Å². The first-order chi connectivity index (χ1) is 8.96. The summed E-state index contributed by atoms with van der Waals surface area (Å²) in [6.45, 7) is 1.54. The third kappa shape index (κ3) is 4.75. The lowest BCUT2D eigenvalue weighted by molar-refractivity contribution is -0.153. The van der Waals surface area contributed by atoms with E-state index in [4.69, 9.17) is 4.74 Å². The maximum Gasteiger partial charge on any atom is 0.422 e. The van der Waals surface area contributed by atoms with Gasteiger partial charge in [-0.05, 0) is 12.1 Å². The van der Waals surface area contributed by atoms with Crippen molar-refractivity contribution in [3.05, 3.63) is 18.2 Å². The zero-order chi connectivity index (χ0) is 13.9. The number of hydrogen-bond donors (Lipinski definition) is 2. The molecule has 20 heavy (non-hydrogen) atoms. The smallest absolute Gasteiger partial charge is 0.422 e. The second-order valence-electron chi connectivity index (χ2n) is 4.29. The number of piperazine rings is 1. The molecule has 2 rings (SSSR count). The molecule has 2 N–H and O–H groups in total. The summed E-state index contributed by atoms with van der Waals surface area (Å²) in [5.74, 6) is -0.0599. The number of ether oxygens (including phenoxy) is 1. The molecule has 0 bridgehead atoms. The Kier molecular flexibility index (Phi) is 5.94. The van der Waals surface area contributed by atoms with Gasteiger partial charge in [0.25, 0.3) is 0 Å². The third-order valence-corrected chi connectivity index (χ3v) is 2.79. The quantitative estimate of drug-likeness (QED) is 0.872. The van der Waals surface area contributed by atoms with Gasteiger partial charge in [0.2, 0.25) is 0 Å². The Labute approximate surface area is 125 Å². The Morgan fingerprint density at radius 3 is 2.50 bits per heavy atom. The number of aromatic hydroxyl groups is 1. The van der Waals surface area contributed by atoms with Crippen LogP contribution in [0.2, 0.25) is 0 Å². The van der Waals surface area contributed by atoms with Crippen LogP contribution in [0.3, 0.4) is 0 Å². The Morgan fingerprint density at radius 1 is 1.25 bits per heavy atom. The maximum atomic E-state index is 12.2. The molecule has 4 nitrogen and oxygen atoms in total. The van der Waals surface area contributed by atoms with E-state index in [1.165, 1.54) is 12.1 Å². The molecule has 1 saturated heterocycles. The summed E-state index contributed by atoms with van der Waals surface area (Å²) in [5.41, 5.74) is 0.573. The minimum atomic E-state index is -4.40. The molecule has 8 heteroatoms. The number of hydrogen-bond acceptors (Lipinski definition) is 4. The van der Waals surface area contributed by atoms with E-state index >= 15 is 0 Å². The lowest BCUT2D eigenvalue weighted by atomic mass is 10.2. The molecule has 0 saturated carbocycles. The predicted molar refractivity (Wildman–Crippen MR) is 75.1 cm³/mol. The molecule has 114 valence electrons. The van der Waals surface area contributed by atoms with Crippen LogP contribution in [0.1, 0.15) is 0 Å². The molecule has 0 spiro atoms. The van der Waals surface area contributed by atoms with E-state index in [2.05, 4.69) is 5.32 Å². The molecule has 0 atom stereocenters. The monoisotopic (exact) mass is 356 g/mol.